The Morgan fingerprint density at radius 3 is 2.61 bits per heavy atom. The second kappa shape index (κ2) is 5.00. The van der Waals surface area contributed by atoms with E-state index in [1.54, 1.807) is 18.2 Å². The van der Waals surface area contributed by atoms with E-state index in [0.717, 1.165) is 17.6 Å². The van der Waals surface area contributed by atoms with Gasteiger partial charge in [-0.3, -0.25) is 9.59 Å². The second-order valence-corrected chi connectivity index (χ2v) is 4.26. The maximum absolute atomic E-state index is 12.2. The van der Waals surface area contributed by atoms with E-state index < -0.39 is 0 Å². The first kappa shape index (κ1) is 12.3. The summed E-state index contributed by atoms with van der Waals surface area (Å²) in [6.07, 6.45) is 2.81. The molecule has 1 aliphatic rings. The number of hydrogen-bond acceptors (Lipinski definition) is 2. The normalized spacial score (nSPS) is 13.9. The Morgan fingerprint density at radius 2 is 1.94 bits per heavy atom. The van der Waals surface area contributed by atoms with Crippen LogP contribution in [0.2, 0.25) is 0 Å². The van der Waals surface area contributed by atoms with Gasteiger partial charge in [-0.25, -0.2) is 0 Å². The van der Waals surface area contributed by atoms with Crippen LogP contribution in [0, 0.1) is 0 Å². The number of benzene rings is 1. The summed E-state index contributed by atoms with van der Waals surface area (Å²) in [5, 5.41) is 2.65. The van der Waals surface area contributed by atoms with Crippen molar-refractivity contribution in [3.05, 3.63) is 53.7 Å². The maximum Gasteiger partial charge on any atom is 0.224 e. The highest BCUT2D eigenvalue weighted by Gasteiger charge is 2.22. The summed E-state index contributed by atoms with van der Waals surface area (Å²) in [4.78, 5) is 23.7. The molecule has 18 heavy (non-hydrogen) atoms. The molecule has 1 aromatic carbocycles. The highest BCUT2D eigenvalue weighted by Crippen LogP contribution is 2.26. The summed E-state index contributed by atoms with van der Waals surface area (Å²) in [5.74, 6) is -0.285. The van der Waals surface area contributed by atoms with Crippen LogP contribution in [0.5, 0.6) is 0 Å². The first-order valence-electron chi connectivity index (χ1n) is 5.98. The van der Waals surface area contributed by atoms with Crippen LogP contribution in [-0.4, -0.2) is 11.7 Å². The van der Waals surface area contributed by atoms with Crippen LogP contribution in [0.1, 0.15) is 35.7 Å². The first-order valence-corrected chi connectivity index (χ1v) is 5.98. The third-order valence-corrected chi connectivity index (χ3v) is 2.83. The molecule has 3 nitrogen and oxygen atoms in total. The topological polar surface area (TPSA) is 46.2 Å². The molecule has 0 spiro atoms. The van der Waals surface area contributed by atoms with Crippen molar-refractivity contribution in [2.24, 2.45) is 0 Å². The maximum atomic E-state index is 12.2. The monoisotopic (exact) mass is 241 g/mol. The largest absolute Gasteiger partial charge is 0.323 e. The van der Waals surface area contributed by atoms with Gasteiger partial charge < -0.3 is 5.32 Å². The summed E-state index contributed by atoms with van der Waals surface area (Å²) in [7, 11) is 0. The molecule has 3 heteroatoms. The summed E-state index contributed by atoms with van der Waals surface area (Å²) in [5.41, 5.74) is 2.49. The molecular weight excluding hydrogens is 226 g/mol. The average Bonchev–Trinajstić information content (AvgIpc) is 2.36. The summed E-state index contributed by atoms with van der Waals surface area (Å²) in [6.45, 7) is 5.84. The van der Waals surface area contributed by atoms with Gasteiger partial charge in [-0.05, 0) is 23.6 Å². The Labute approximate surface area is 106 Å². The molecule has 0 saturated carbocycles. The summed E-state index contributed by atoms with van der Waals surface area (Å²) in [6, 6.07) is 7.28. The Kier molecular flexibility index (Phi) is 3.42. The van der Waals surface area contributed by atoms with Crippen molar-refractivity contribution in [3.63, 3.8) is 0 Å². The lowest BCUT2D eigenvalue weighted by molar-refractivity contribution is -0.120. The van der Waals surface area contributed by atoms with E-state index in [0.29, 0.717) is 17.7 Å². The van der Waals surface area contributed by atoms with Gasteiger partial charge in [-0.1, -0.05) is 37.8 Å². The third kappa shape index (κ3) is 2.25. The standard InChI is InChI=1S/C15H15NO2/c1-3-6-14(17)16-13-9-10(2)11-7-4-5-8-12(11)15(13)18/h4-5,7-9H,2-3,6H2,1H3,(H,16,17). The number of nitrogens with one attached hydrogen (secondary N) is 1. The number of fused-ring (bicyclic) bond motifs is 1. The molecule has 0 fully saturated rings. The van der Waals surface area contributed by atoms with Gasteiger partial charge in [0.15, 0.2) is 0 Å². The molecule has 1 aliphatic carbocycles. The summed E-state index contributed by atoms with van der Waals surface area (Å²) < 4.78 is 0. The molecule has 2 rings (SSSR count). The number of ketones is 1. The average molecular weight is 241 g/mol. The Bertz CT molecular complexity index is 555. The molecule has 0 aliphatic heterocycles. The number of amides is 1. The van der Waals surface area contributed by atoms with Gasteiger partial charge in [-0.2, -0.15) is 0 Å². The highest BCUT2D eigenvalue weighted by molar-refractivity contribution is 6.16. The van der Waals surface area contributed by atoms with Crippen molar-refractivity contribution in [1.82, 2.24) is 5.32 Å². The van der Waals surface area contributed by atoms with E-state index in [2.05, 4.69) is 11.9 Å². The number of rotatable bonds is 3. The molecule has 92 valence electrons. The van der Waals surface area contributed by atoms with Crippen LogP contribution < -0.4 is 5.32 Å². The molecule has 0 aromatic heterocycles. The SMILES string of the molecule is C=C1C=C(NC(=O)CCC)C(=O)c2ccccc21. The molecule has 0 bridgehead atoms. The molecule has 1 aromatic rings. The number of Topliss-reactive ketones (excluding diaryl/α,β-unsaturated/α-hetero) is 1. The van der Waals surface area contributed by atoms with E-state index in [4.69, 9.17) is 0 Å². The lowest BCUT2D eigenvalue weighted by Crippen LogP contribution is -2.29. The molecule has 1 N–H and O–H groups in total. The molecule has 0 heterocycles. The van der Waals surface area contributed by atoms with Crippen LogP contribution in [0.15, 0.2) is 42.6 Å². The predicted octanol–water partition coefficient (Wildman–Crippen LogP) is 2.70. The van der Waals surface area contributed by atoms with E-state index >= 15 is 0 Å². The van der Waals surface area contributed by atoms with E-state index in [1.807, 2.05) is 19.1 Å². The van der Waals surface area contributed by atoms with Crippen LogP contribution in [0.4, 0.5) is 0 Å². The molecule has 1 amide bonds. The van der Waals surface area contributed by atoms with Gasteiger partial charge in [-0.15, -0.1) is 0 Å². The smallest absolute Gasteiger partial charge is 0.224 e. The minimum absolute atomic E-state index is 0.135. The zero-order valence-electron chi connectivity index (χ0n) is 10.3. The third-order valence-electron chi connectivity index (χ3n) is 2.83. The van der Waals surface area contributed by atoms with Crippen LogP contribution in [-0.2, 0) is 4.79 Å². The molecule has 0 radical (unpaired) electrons. The molecule has 0 saturated heterocycles. The quantitative estimate of drug-likeness (QED) is 0.884. The zero-order valence-corrected chi connectivity index (χ0v) is 10.3. The van der Waals surface area contributed by atoms with Crippen molar-refractivity contribution in [1.29, 1.82) is 0 Å². The fourth-order valence-electron chi connectivity index (χ4n) is 1.96. The van der Waals surface area contributed by atoms with Crippen molar-refractivity contribution in [2.45, 2.75) is 19.8 Å². The Hall–Kier alpha value is -2.16. The number of allylic oxidation sites excluding steroid dienone is 3. The minimum Gasteiger partial charge on any atom is -0.323 e. The molecule has 0 atom stereocenters. The number of carbonyl (C=O) groups is 2. The molecule has 0 unspecified atom stereocenters. The lowest BCUT2D eigenvalue weighted by atomic mass is 9.90. The van der Waals surface area contributed by atoms with Crippen LogP contribution in [0.3, 0.4) is 0 Å². The van der Waals surface area contributed by atoms with Gasteiger partial charge >= 0.3 is 0 Å². The van der Waals surface area contributed by atoms with Crippen molar-refractivity contribution < 1.29 is 9.59 Å². The van der Waals surface area contributed by atoms with E-state index in [9.17, 15) is 9.59 Å². The van der Waals surface area contributed by atoms with Gasteiger partial charge in [0.1, 0.15) is 0 Å². The fourth-order valence-corrected chi connectivity index (χ4v) is 1.96. The van der Waals surface area contributed by atoms with Crippen molar-refractivity contribution in [3.8, 4) is 0 Å². The predicted molar refractivity (Wildman–Crippen MR) is 70.9 cm³/mol. The van der Waals surface area contributed by atoms with Gasteiger partial charge in [0.2, 0.25) is 11.7 Å². The van der Waals surface area contributed by atoms with Gasteiger partial charge in [0.05, 0.1) is 5.70 Å². The second-order valence-electron chi connectivity index (χ2n) is 4.26. The first-order chi connectivity index (χ1) is 8.63. The number of hydrogen-bond donors (Lipinski definition) is 1. The summed E-state index contributed by atoms with van der Waals surface area (Å²) >= 11 is 0. The van der Waals surface area contributed by atoms with Gasteiger partial charge in [0, 0.05) is 12.0 Å². The van der Waals surface area contributed by atoms with Crippen LogP contribution in [0.25, 0.3) is 5.57 Å². The van der Waals surface area contributed by atoms with E-state index in [-0.39, 0.29) is 11.7 Å². The van der Waals surface area contributed by atoms with E-state index in [1.165, 1.54) is 0 Å². The Morgan fingerprint density at radius 1 is 1.28 bits per heavy atom. The minimum atomic E-state index is -0.151. The highest BCUT2D eigenvalue weighted by atomic mass is 16.2. The van der Waals surface area contributed by atoms with Crippen LogP contribution >= 0.6 is 0 Å². The molecular formula is C15H15NO2. The van der Waals surface area contributed by atoms with Crippen molar-refractivity contribution in [2.75, 3.05) is 0 Å². The number of carbonyl (C=O) groups excluding carboxylic acids is 2. The lowest BCUT2D eigenvalue weighted by Gasteiger charge is -2.17. The zero-order chi connectivity index (χ0) is 13.1. The van der Waals surface area contributed by atoms with Gasteiger partial charge in [0.25, 0.3) is 0 Å². The fraction of sp³-hybridized carbons (Fsp3) is 0.200. The Balaban J connectivity index is 2.28. The van der Waals surface area contributed by atoms with Crippen molar-refractivity contribution >= 4 is 17.3 Å².